The molecule has 0 saturated carbocycles. The van der Waals surface area contributed by atoms with Crippen LogP contribution in [0.2, 0.25) is 10.0 Å². The molecule has 1 atom stereocenters. The average molecular weight is 246 g/mol. The lowest BCUT2D eigenvalue weighted by Crippen LogP contribution is -2.27. The van der Waals surface area contributed by atoms with Crippen molar-refractivity contribution in [2.24, 2.45) is 0 Å². The van der Waals surface area contributed by atoms with Gasteiger partial charge in [-0.3, -0.25) is 0 Å². The minimum Gasteiger partial charge on any atom is -0.467 e. The van der Waals surface area contributed by atoms with E-state index in [4.69, 9.17) is 23.2 Å². The van der Waals surface area contributed by atoms with E-state index in [2.05, 4.69) is 10.1 Å². The molecule has 1 aliphatic heterocycles. The minimum atomic E-state index is -0.360. The number of fused-ring (bicyclic) bond motifs is 1. The molecule has 1 heterocycles. The first-order chi connectivity index (χ1) is 7.13. The van der Waals surface area contributed by atoms with Gasteiger partial charge in [-0.25, -0.2) is 4.79 Å². The molecule has 1 unspecified atom stereocenters. The van der Waals surface area contributed by atoms with Crippen LogP contribution in [0, 0.1) is 0 Å². The summed E-state index contributed by atoms with van der Waals surface area (Å²) in [6.45, 7) is 0. The standard InChI is InChI=1S/C10H9Cl2NO2/c1-15-10(14)8-4-5-7(13-8)3-2-6(11)9(5)12/h2-3,8,13H,4H2,1H3. The van der Waals surface area contributed by atoms with Gasteiger partial charge in [-0.2, -0.15) is 0 Å². The van der Waals surface area contributed by atoms with Crippen LogP contribution in [0.3, 0.4) is 0 Å². The van der Waals surface area contributed by atoms with Crippen LogP contribution < -0.4 is 5.32 Å². The Morgan fingerprint density at radius 2 is 2.27 bits per heavy atom. The van der Waals surface area contributed by atoms with Gasteiger partial charge in [-0.05, 0) is 17.7 Å². The molecular weight excluding hydrogens is 237 g/mol. The highest BCUT2D eigenvalue weighted by Gasteiger charge is 2.29. The Bertz CT molecular complexity index is 420. The maximum atomic E-state index is 11.3. The monoisotopic (exact) mass is 245 g/mol. The number of ether oxygens (including phenoxy) is 1. The summed E-state index contributed by atoms with van der Waals surface area (Å²) in [6, 6.07) is 3.16. The van der Waals surface area contributed by atoms with E-state index in [-0.39, 0.29) is 12.0 Å². The molecular formula is C10H9Cl2NO2. The number of benzene rings is 1. The van der Waals surface area contributed by atoms with Gasteiger partial charge in [0.25, 0.3) is 0 Å². The molecule has 0 bridgehead atoms. The Hall–Kier alpha value is -0.930. The summed E-state index contributed by atoms with van der Waals surface area (Å²) in [5, 5.41) is 4.05. The van der Waals surface area contributed by atoms with Crippen molar-refractivity contribution >= 4 is 34.9 Å². The van der Waals surface area contributed by atoms with Crippen molar-refractivity contribution in [2.45, 2.75) is 12.5 Å². The molecule has 5 heteroatoms. The first-order valence-electron chi connectivity index (χ1n) is 4.44. The van der Waals surface area contributed by atoms with Crippen molar-refractivity contribution in [3.8, 4) is 0 Å². The van der Waals surface area contributed by atoms with Crippen LogP contribution in [0.1, 0.15) is 5.56 Å². The molecule has 0 amide bonds. The third-order valence-electron chi connectivity index (χ3n) is 2.42. The molecule has 0 radical (unpaired) electrons. The van der Waals surface area contributed by atoms with Crippen LogP contribution >= 0.6 is 23.2 Å². The summed E-state index contributed by atoms with van der Waals surface area (Å²) < 4.78 is 4.66. The van der Waals surface area contributed by atoms with E-state index in [0.29, 0.717) is 16.5 Å². The van der Waals surface area contributed by atoms with Crippen molar-refractivity contribution in [3.63, 3.8) is 0 Å². The number of methoxy groups -OCH3 is 1. The topological polar surface area (TPSA) is 38.3 Å². The van der Waals surface area contributed by atoms with E-state index >= 15 is 0 Å². The first-order valence-corrected chi connectivity index (χ1v) is 5.20. The van der Waals surface area contributed by atoms with E-state index in [1.165, 1.54) is 7.11 Å². The molecule has 0 aliphatic carbocycles. The normalized spacial score (nSPS) is 18.2. The van der Waals surface area contributed by atoms with Gasteiger partial charge in [-0.1, -0.05) is 23.2 Å². The number of rotatable bonds is 1. The van der Waals surface area contributed by atoms with Gasteiger partial charge in [-0.15, -0.1) is 0 Å². The van der Waals surface area contributed by atoms with Crippen LogP contribution in [0.25, 0.3) is 0 Å². The van der Waals surface area contributed by atoms with Gasteiger partial charge in [0, 0.05) is 12.1 Å². The largest absolute Gasteiger partial charge is 0.467 e. The Balaban J connectivity index is 2.31. The maximum Gasteiger partial charge on any atom is 0.328 e. The number of carbonyl (C=O) groups is 1. The number of carbonyl (C=O) groups excluding carboxylic acids is 1. The third-order valence-corrected chi connectivity index (χ3v) is 3.26. The molecule has 3 nitrogen and oxygen atoms in total. The van der Waals surface area contributed by atoms with Gasteiger partial charge in [0.2, 0.25) is 0 Å². The second-order valence-corrected chi connectivity index (χ2v) is 4.10. The number of nitrogens with one attached hydrogen (secondary N) is 1. The van der Waals surface area contributed by atoms with E-state index in [0.717, 1.165) is 11.3 Å². The Morgan fingerprint density at radius 3 is 2.93 bits per heavy atom. The van der Waals surface area contributed by atoms with Crippen molar-refractivity contribution < 1.29 is 9.53 Å². The molecule has 1 aromatic rings. The number of hydrogen-bond acceptors (Lipinski definition) is 3. The van der Waals surface area contributed by atoms with Crippen molar-refractivity contribution in [1.82, 2.24) is 0 Å². The zero-order valence-corrected chi connectivity index (χ0v) is 9.52. The average Bonchev–Trinajstić information content (AvgIpc) is 2.67. The van der Waals surface area contributed by atoms with Gasteiger partial charge in [0.1, 0.15) is 6.04 Å². The quantitative estimate of drug-likeness (QED) is 0.773. The minimum absolute atomic E-state index is 0.293. The van der Waals surface area contributed by atoms with Gasteiger partial charge in [0.05, 0.1) is 17.2 Å². The number of anilines is 1. The van der Waals surface area contributed by atoms with Crippen LogP contribution in [0.4, 0.5) is 5.69 Å². The highest BCUT2D eigenvalue weighted by atomic mass is 35.5. The van der Waals surface area contributed by atoms with E-state index in [9.17, 15) is 4.79 Å². The van der Waals surface area contributed by atoms with Crippen molar-refractivity contribution in [2.75, 3.05) is 12.4 Å². The summed E-state index contributed by atoms with van der Waals surface area (Å²) in [5.74, 6) is -0.293. The summed E-state index contributed by atoms with van der Waals surface area (Å²) in [5.41, 5.74) is 1.72. The molecule has 15 heavy (non-hydrogen) atoms. The molecule has 80 valence electrons. The molecule has 1 aliphatic rings. The lowest BCUT2D eigenvalue weighted by atomic mass is 10.1. The maximum absolute atomic E-state index is 11.3. The summed E-state index contributed by atoms with van der Waals surface area (Å²) >= 11 is 11.9. The van der Waals surface area contributed by atoms with Crippen LogP contribution in [0.15, 0.2) is 12.1 Å². The van der Waals surface area contributed by atoms with Crippen molar-refractivity contribution in [3.05, 3.63) is 27.7 Å². The van der Waals surface area contributed by atoms with Gasteiger partial charge >= 0.3 is 5.97 Å². The smallest absolute Gasteiger partial charge is 0.328 e. The second-order valence-electron chi connectivity index (χ2n) is 3.31. The Labute approximate surface area is 97.3 Å². The fourth-order valence-corrected chi connectivity index (χ4v) is 2.07. The van der Waals surface area contributed by atoms with Gasteiger partial charge in [0.15, 0.2) is 0 Å². The van der Waals surface area contributed by atoms with Crippen molar-refractivity contribution in [1.29, 1.82) is 0 Å². The summed E-state index contributed by atoms with van der Waals surface area (Å²) in [7, 11) is 1.36. The molecule has 0 aromatic heterocycles. The van der Waals surface area contributed by atoms with Crippen LogP contribution in [-0.4, -0.2) is 19.1 Å². The fourth-order valence-electron chi connectivity index (χ4n) is 1.65. The van der Waals surface area contributed by atoms with E-state index < -0.39 is 0 Å². The van der Waals surface area contributed by atoms with Crippen LogP contribution in [-0.2, 0) is 16.0 Å². The highest BCUT2D eigenvalue weighted by molar-refractivity contribution is 6.42. The predicted molar refractivity (Wildman–Crippen MR) is 59.6 cm³/mol. The second kappa shape index (κ2) is 3.91. The Morgan fingerprint density at radius 1 is 1.53 bits per heavy atom. The number of hydrogen-bond donors (Lipinski definition) is 1. The Kier molecular flexibility index (Phi) is 2.76. The molecule has 1 N–H and O–H groups in total. The summed E-state index contributed by atoms with van der Waals surface area (Å²) in [6.07, 6.45) is 0.515. The summed E-state index contributed by atoms with van der Waals surface area (Å²) in [4.78, 5) is 11.3. The lowest BCUT2D eigenvalue weighted by Gasteiger charge is -2.07. The first kappa shape index (κ1) is 10.6. The molecule has 0 spiro atoms. The zero-order valence-electron chi connectivity index (χ0n) is 8.01. The van der Waals surface area contributed by atoms with Gasteiger partial charge < -0.3 is 10.1 Å². The van der Waals surface area contributed by atoms with E-state index in [1.54, 1.807) is 6.07 Å². The predicted octanol–water partition coefficient (Wildman–Crippen LogP) is 2.50. The molecule has 1 aromatic carbocycles. The fraction of sp³-hybridized carbons (Fsp3) is 0.300. The molecule has 2 rings (SSSR count). The molecule has 0 saturated heterocycles. The molecule has 0 fully saturated rings. The zero-order chi connectivity index (χ0) is 11.0. The highest BCUT2D eigenvalue weighted by Crippen LogP contribution is 2.36. The third kappa shape index (κ3) is 1.77. The van der Waals surface area contributed by atoms with E-state index in [1.807, 2.05) is 6.07 Å². The SMILES string of the molecule is COC(=O)C1Cc2c(ccc(Cl)c2Cl)N1. The number of esters is 1. The van der Waals surface area contributed by atoms with Crippen LogP contribution in [0.5, 0.6) is 0 Å². The number of halogens is 2. The lowest BCUT2D eigenvalue weighted by molar-refractivity contribution is -0.141.